The van der Waals surface area contributed by atoms with Gasteiger partial charge in [-0.05, 0) is 37.0 Å². The van der Waals surface area contributed by atoms with Gasteiger partial charge in [-0.1, -0.05) is 6.07 Å². The Bertz CT molecular complexity index is 413. The molecule has 4 heteroatoms. The van der Waals surface area contributed by atoms with Gasteiger partial charge in [-0.3, -0.25) is 4.79 Å². The Labute approximate surface area is 93.7 Å². The minimum Gasteiger partial charge on any atom is -0.504 e. The summed E-state index contributed by atoms with van der Waals surface area (Å²) in [4.78, 5) is 11.6. The number of phenolic OH excluding ortho intramolecular Hbond substituents is 2. The van der Waals surface area contributed by atoms with Gasteiger partial charge in [-0.15, -0.1) is 0 Å². The Morgan fingerprint density at radius 1 is 1.38 bits per heavy atom. The summed E-state index contributed by atoms with van der Waals surface area (Å²) in [6.07, 6.45) is 2.31. The van der Waals surface area contributed by atoms with E-state index in [1.165, 1.54) is 12.1 Å². The lowest BCUT2D eigenvalue weighted by atomic mass is 10.0. The first-order valence-corrected chi connectivity index (χ1v) is 5.38. The van der Waals surface area contributed by atoms with Crippen LogP contribution in [0, 0.1) is 5.92 Å². The lowest BCUT2D eigenvalue weighted by Gasteiger charge is -2.10. The quantitative estimate of drug-likeness (QED) is 0.661. The molecule has 0 amide bonds. The molecular formula is C12H15NO3. The molecule has 86 valence electrons. The molecule has 1 aromatic rings. The van der Waals surface area contributed by atoms with Crippen molar-refractivity contribution in [2.24, 2.45) is 11.7 Å². The zero-order valence-corrected chi connectivity index (χ0v) is 8.89. The van der Waals surface area contributed by atoms with Crippen LogP contribution >= 0.6 is 0 Å². The molecule has 16 heavy (non-hydrogen) atoms. The van der Waals surface area contributed by atoms with Gasteiger partial charge in [0.2, 0.25) is 0 Å². The minimum atomic E-state index is -0.503. The van der Waals surface area contributed by atoms with Gasteiger partial charge in [-0.2, -0.15) is 0 Å². The Balaban J connectivity index is 2.02. The molecule has 1 aliphatic carbocycles. The highest BCUT2D eigenvalue weighted by atomic mass is 16.3. The summed E-state index contributed by atoms with van der Waals surface area (Å²) in [5.41, 5.74) is 6.55. The zero-order chi connectivity index (χ0) is 11.7. The zero-order valence-electron chi connectivity index (χ0n) is 8.89. The van der Waals surface area contributed by atoms with Crippen molar-refractivity contribution in [3.63, 3.8) is 0 Å². The lowest BCUT2D eigenvalue weighted by Crippen LogP contribution is -2.33. The van der Waals surface area contributed by atoms with Crippen LogP contribution in [0.3, 0.4) is 0 Å². The number of benzene rings is 1. The number of hydrogen-bond acceptors (Lipinski definition) is 4. The third kappa shape index (κ3) is 2.33. The fraction of sp³-hybridized carbons (Fsp3) is 0.417. The predicted octanol–water partition coefficient (Wildman–Crippen LogP) is 0.947. The maximum Gasteiger partial charge on any atom is 0.157 e. The van der Waals surface area contributed by atoms with Crippen molar-refractivity contribution in [2.45, 2.75) is 25.3 Å². The van der Waals surface area contributed by atoms with E-state index in [-0.39, 0.29) is 23.2 Å². The summed E-state index contributed by atoms with van der Waals surface area (Å²) in [6.45, 7) is 0. The van der Waals surface area contributed by atoms with Crippen molar-refractivity contribution >= 4 is 5.78 Å². The SMILES string of the molecule is NC(Cc1ccc(O)c(O)c1)C(=O)C1CC1. The summed E-state index contributed by atoms with van der Waals surface area (Å²) in [7, 11) is 0. The van der Waals surface area contributed by atoms with Gasteiger partial charge in [0.1, 0.15) is 0 Å². The van der Waals surface area contributed by atoms with Crippen LogP contribution in [0.2, 0.25) is 0 Å². The molecule has 0 saturated heterocycles. The Hall–Kier alpha value is -1.55. The Morgan fingerprint density at radius 2 is 2.06 bits per heavy atom. The van der Waals surface area contributed by atoms with Gasteiger partial charge < -0.3 is 15.9 Å². The molecule has 1 unspecified atom stereocenters. The van der Waals surface area contributed by atoms with Crippen LogP contribution in [-0.4, -0.2) is 22.0 Å². The molecular weight excluding hydrogens is 206 g/mol. The highest BCUT2D eigenvalue weighted by molar-refractivity contribution is 5.88. The standard InChI is InChI=1S/C12H15NO3/c13-9(12(16)8-2-3-8)5-7-1-4-10(14)11(15)6-7/h1,4,6,8-9,14-15H,2-3,5,13H2. The molecule has 1 atom stereocenters. The first-order chi connectivity index (χ1) is 7.58. The number of carbonyl (C=O) groups is 1. The Morgan fingerprint density at radius 3 is 2.62 bits per heavy atom. The second-order valence-electron chi connectivity index (χ2n) is 4.31. The smallest absolute Gasteiger partial charge is 0.157 e. The van der Waals surface area contributed by atoms with Crippen molar-refractivity contribution in [1.82, 2.24) is 0 Å². The van der Waals surface area contributed by atoms with Crippen LogP contribution in [0.5, 0.6) is 11.5 Å². The summed E-state index contributed by atoms with van der Waals surface area (Å²) < 4.78 is 0. The highest BCUT2D eigenvalue weighted by Crippen LogP contribution is 2.31. The van der Waals surface area contributed by atoms with Crippen LogP contribution in [-0.2, 0) is 11.2 Å². The molecule has 0 aromatic heterocycles. The van der Waals surface area contributed by atoms with Gasteiger partial charge in [0, 0.05) is 5.92 Å². The molecule has 4 nitrogen and oxygen atoms in total. The van der Waals surface area contributed by atoms with Gasteiger partial charge >= 0.3 is 0 Å². The van der Waals surface area contributed by atoms with Crippen LogP contribution in [0.4, 0.5) is 0 Å². The molecule has 4 N–H and O–H groups in total. The summed E-state index contributed by atoms with van der Waals surface area (Å²) in [5.74, 6) is -0.0808. The number of rotatable bonds is 4. The lowest BCUT2D eigenvalue weighted by molar-refractivity contribution is -0.121. The molecule has 0 radical (unpaired) electrons. The number of ketones is 1. The molecule has 0 spiro atoms. The topological polar surface area (TPSA) is 83.6 Å². The molecule has 0 aliphatic heterocycles. The van der Waals surface area contributed by atoms with Crippen molar-refractivity contribution < 1.29 is 15.0 Å². The van der Waals surface area contributed by atoms with Crippen LogP contribution < -0.4 is 5.73 Å². The first-order valence-electron chi connectivity index (χ1n) is 5.38. The van der Waals surface area contributed by atoms with Gasteiger partial charge in [0.05, 0.1) is 6.04 Å². The van der Waals surface area contributed by atoms with E-state index in [4.69, 9.17) is 10.8 Å². The number of aromatic hydroxyl groups is 2. The largest absolute Gasteiger partial charge is 0.504 e. The van der Waals surface area contributed by atoms with Crippen molar-refractivity contribution in [3.05, 3.63) is 23.8 Å². The monoisotopic (exact) mass is 221 g/mol. The fourth-order valence-electron chi connectivity index (χ4n) is 1.72. The molecule has 1 fully saturated rings. The molecule has 0 bridgehead atoms. The van der Waals surface area contributed by atoms with Crippen LogP contribution in [0.25, 0.3) is 0 Å². The number of carbonyl (C=O) groups excluding carboxylic acids is 1. The number of Topliss-reactive ketones (excluding diaryl/α,β-unsaturated/α-hetero) is 1. The van der Waals surface area contributed by atoms with Crippen LogP contribution in [0.1, 0.15) is 18.4 Å². The van der Waals surface area contributed by atoms with Crippen molar-refractivity contribution in [3.8, 4) is 11.5 Å². The summed E-state index contributed by atoms with van der Waals surface area (Å²) in [6, 6.07) is 4.00. The van der Waals surface area contributed by atoms with Gasteiger partial charge in [0.15, 0.2) is 17.3 Å². The second kappa shape index (κ2) is 4.14. The number of phenols is 2. The third-order valence-corrected chi connectivity index (χ3v) is 2.84. The third-order valence-electron chi connectivity index (χ3n) is 2.84. The highest BCUT2D eigenvalue weighted by Gasteiger charge is 2.33. The van der Waals surface area contributed by atoms with Gasteiger partial charge in [-0.25, -0.2) is 0 Å². The first kappa shape index (κ1) is 11.0. The molecule has 2 rings (SSSR count). The second-order valence-corrected chi connectivity index (χ2v) is 4.31. The van der Waals surface area contributed by atoms with E-state index >= 15 is 0 Å². The van der Waals surface area contributed by atoms with E-state index in [9.17, 15) is 9.90 Å². The minimum absolute atomic E-state index is 0.104. The van der Waals surface area contributed by atoms with E-state index in [0.29, 0.717) is 6.42 Å². The fourth-order valence-corrected chi connectivity index (χ4v) is 1.72. The number of nitrogens with two attached hydrogens (primary N) is 1. The van der Waals surface area contributed by atoms with Crippen molar-refractivity contribution in [2.75, 3.05) is 0 Å². The molecule has 1 saturated carbocycles. The average Bonchev–Trinajstić information content (AvgIpc) is 3.06. The van der Waals surface area contributed by atoms with E-state index in [2.05, 4.69) is 0 Å². The van der Waals surface area contributed by atoms with Crippen molar-refractivity contribution in [1.29, 1.82) is 0 Å². The maximum atomic E-state index is 11.6. The van der Waals surface area contributed by atoms with E-state index in [0.717, 1.165) is 18.4 Å². The Kier molecular flexibility index (Phi) is 2.83. The van der Waals surface area contributed by atoms with E-state index < -0.39 is 6.04 Å². The average molecular weight is 221 g/mol. The molecule has 1 aromatic carbocycles. The molecule has 1 aliphatic rings. The van der Waals surface area contributed by atoms with Gasteiger partial charge in [0.25, 0.3) is 0 Å². The summed E-state index contributed by atoms with van der Waals surface area (Å²) >= 11 is 0. The predicted molar refractivity (Wildman–Crippen MR) is 59.2 cm³/mol. The van der Waals surface area contributed by atoms with Crippen LogP contribution in [0.15, 0.2) is 18.2 Å². The summed E-state index contributed by atoms with van der Waals surface area (Å²) in [5, 5.41) is 18.4. The van der Waals surface area contributed by atoms with E-state index in [1.54, 1.807) is 6.07 Å². The number of hydrogen-bond donors (Lipinski definition) is 3. The normalized spacial score (nSPS) is 17.1. The maximum absolute atomic E-state index is 11.6. The van der Waals surface area contributed by atoms with E-state index in [1.807, 2.05) is 0 Å². The molecule has 0 heterocycles.